The van der Waals surface area contributed by atoms with Gasteiger partial charge < -0.3 is 4.42 Å². The molecule has 0 N–H and O–H groups in total. The number of unbranched alkanes of at least 4 members (excludes halogenated alkanes) is 5. The standard InChI is InChI=1S/C23H28O/c1-3-4-5-6-7-8-11-19-14-16-20(17-15-19)23-18(2)21-12-9-10-13-22(21)24-23/h9-10,12-17H,3-8,11H2,1-2H3. The number of rotatable bonds is 8. The van der Waals surface area contributed by atoms with Crippen molar-refractivity contribution in [3.8, 4) is 11.3 Å². The second-order valence-corrected chi connectivity index (χ2v) is 6.77. The van der Waals surface area contributed by atoms with Gasteiger partial charge in [0.1, 0.15) is 11.3 Å². The van der Waals surface area contributed by atoms with Crippen LogP contribution in [0.25, 0.3) is 22.3 Å². The second kappa shape index (κ2) is 8.19. The second-order valence-electron chi connectivity index (χ2n) is 6.77. The maximum atomic E-state index is 6.06. The van der Waals surface area contributed by atoms with Crippen molar-refractivity contribution >= 4 is 11.0 Å². The first-order valence-corrected chi connectivity index (χ1v) is 9.37. The van der Waals surface area contributed by atoms with Crippen LogP contribution in [0.1, 0.15) is 56.6 Å². The zero-order valence-electron chi connectivity index (χ0n) is 15.0. The predicted molar refractivity (Wildman–Crippen MR) is 103 cm³/mol. The zero-order chi connectivity index (χ0) is 16.8. The van der Waals surface area contributed by atoms with Crippen molar-refractivity contribution in [2.45, 2.75) is 58.8 Å². The molecule has 126 valence electrons. The van der Waals surface area contributed by atoms with Crippen LogP contribution in [0.4, 0.5) is 0 Å². The molecular weight excluding hydrogens is 292 g/mol. The molecule has 2 aromatic carbocycles. The fourth-order valence-corrected chi connectivity index (χ4v) is 3.38. The molecule has 0 radical (unpaired) electrons. The molecule has 0 saturated heterocycles. The Bertz CT molecular complexity index is 764. The number of furan rings is 1. The van der Waals surface area contributed by atoms with E-state index in [0.717, 1.165) is 11.3 Å². The number of para-hydroxylation sites is 1. The van der Waals surface area contributed by atoms with E-state index in [0.29, 0.717) is 0 Å². The Morgan fingerprint density at radius 2 is 1.50 bits per heavy atom. The average Bonchev–Trinajstić information content (AvgIpc) is 2.96. The molecule has 0 aliphatic heterocycles. The van der Waals surface area contributed by atoms with Crippen LogP contribution in [0, 0.1) is 6.92 Å². The minimum Gasteiger partial charge on any atom is -0.456 e. The molecule has 0 atom stereocenters. The van der Waals surface area contributed by atoms with E-state index in [1.807, 2.05) is 12.1 Å². The number of hydrogen-bond donors (Lipinski definition) is 0. The minimum absolute atomic E-state index is 0.973. The van der Waals surface area contributed by atoms with Crippen molar-refractivity contribution < 1.29 is 4.42 Å². The van der Waals surface area contributed by atoms with E-state index in [-0.39, 0.29) is 0 Å². The number of aryl methyl sites for hydroxylation is 2. The van der Waals surface area contributed by atoms with Gasteiger partial charge in [0.25, 0.3) is 0 Å². The maximum Gasteiger partial charge on any atom is 0.138 e. The number of hydrogen-bond acceptors (Lipinski definition) is 1. The van der Waals surface area contributed by atoms with Gasteiger partial charge >= 0.3 is 0 Å². The van der Waals surface area contributed by atoms with E-state index in [1.165, 1.54) is 67.0 Å². The van der Waals surface area contributed by atoms with Crippen LogP contribution < -0.4 is 0 Å². The lowest BCUT2D eigenvalue weighted by molar-refractivity contribution is 0.607. The highest BCUT2D eigenvalue weighted by molar-refractivity contribution is 5.87. The molecule has 1 heteroatoms. The molecule has 1 heterocycles. The molecule has 24 heavy (non-hydrogen) atoms. The highest BCUT2D eigenvalue weighted by Gasteiger charge is 2.11. The van der Waals surface area contributed by atoms with E-state index >= 15 is 0 Å². The largest absolute Gasteiger partial charge is 0.456 e. The van der Waals surface area contributed by atoms with Crippen LogP contribution in [0.5, 0.6) is 0 Å². The van der Waals surface area contributed by atoms with Gasteiger partial charge in [0, 0.05) is 16.5 Å². The van der Waals surface area contributed by atoms with E-state index in [9.17, 15) is 0 Å². The van der Waals surface area contributed by atoms with Crippen LogP contribution in [0.2, 0.25) is 0 Å². The van der Waals surface area contributed by atoms with E-state index < -0.39 is 0 Å². The lowest BCUT2D eigenvalue weighted by Gasteiger charge is -2.04. The van der Waals surface area contributed by atoms with Gasteiger partial charge in [-0.2, -0.15) is 0 Å². The fraction of sp³-hybridized carbons (Fsp3) is 0.391. The highest BCUT2D eigenvalue weighted by atomic mass is 16.3. The molecule has 0 fully saturated rings. The summed E-state index contributed by atoms with van der Waals surface area (Å²) in [5.74, 6) is 1.00. The summed E-state index contributed by atoms with van der Waals surface area (Å²) in [5, 5.41) is 1.21. The van der Waals surface area contributed by atoms with Crippen LogP contribution in [0.3, 0.4) is 0 Å². The van der Waals surface area contributed by atoms with Crippen molar-refractivity contribution in [3.63, 3.8) is 0 Å². The molecular formula is C23H28O. The molecule has 0 amide bonds. The molecule has 0 aliphatic carbocycles. The van der Waals surface area contributed by atoms with Gasteiger partial charge in [0.05, 0.1) is 0 Å². The Hall–Kier alpha value is -2.02. The summed E-state index contributed by atoms with van der Waals surface area (Å²) < 4.78 is 6.06. The van der Waals surface area contributed by atoms with Gasteiger partial charge in [-0.05, 0) is 31.4 Å². The average molecular weight is 320 g/mol. The minimum atomic E-state index is 0.973. The van der Waals surface area contributed by atoms with E-state index in [2.05, 4.69) is 50.2 Å². The molecule has 0 unspecified atom stereocenters. The van der Waals surface area contributed by atoms with Crippen LogP contribution in [-0.2, 0) is 6.42 Å². The van der Waals surface area contributed by atoms with Gasteiger partial charge in [0.2, 0.25) is 0 Å². The van der Waals surface area contributed by atoms with Gasteiger partial charge in [-0.25, -0.2) is 0 Å². The molecule has 0 aliphatic rings. The summed E-state index contributed by atoms with van der Waals surface area (Å²) in [4.78, 5) is 0. The number of fused-ring (bicyclic) bond motifs is 1. The number of benzene rings is 2. The molecule has 1 aromatic heterocycles. The third kappa shape index (κ3) is 3.90. The predicted octanol–water partition coefficient (Wildman–Crippen LogP) is 7.31. The summed E-state index contributed by atoms with van der Waals surface area (Å²) in [5.41, 5.74) is 4.81. The molecule has 3 rings (SSSR count). The first kappa shape index (κ1) is 16.8. The Morgan fingerprint density at radius 1 is 0.792 bits per heavy atom. The SMILES string of the molecule is CCCCCCCCc1ccc(-c2oc3ccccc3c2C)cc1. The quantitative estimate of drug-likeness (QED) is 0.396. The topological polar surface area (TPSA) is 13.1 Å². The third-order valence-corrected chi connectivity index (χ3v) is 4.88. The highest BCUT2D eigenvalue weighted by Crippen LogP contribution is 2.32. The van der Waals surface area contributed by atoms with Crippen molar-refractivity contribution in [3.05, 3.63) is 59.7 Å². The van der Waals surface area contributed by atoms with Crippen molar-refractivity contribution in [2.75, 3.05) is 0 Å². The first-order valence-electron chi connectivity index (χ1n) is 9.37. The normalized spacial score (nSPS) is 11.2. The molecule has 3 aromatic rings. The maximum absolute atomic E-state index is 6.06. The fourth-order valence-electron chi connectivity index (χ4n) is 3.38. The van der Waals surface area contributed by atoms with Gasteiger partial charge in [-0.15, -0.1) is 0 Å². The third-order valence-electron chi connectivity index (χ3n) is 4.88. The Labute approximate surface area is 145 Å². The monoisotopic (exact) mass is 320 g/mol. The zero-order valence-corrected chi connectivity index (χ0v) is 15.0. The summed E-state index contributed by atoms with van der Waals surface area (Å²) in [6.45, 7) is 4.41. The van der Waals surface area contributed by atoms with Crippen molar-refractivity contribution in [2.24, 2.45) is 0 Å². The first-order chi connectivity index (χ1) is 11.8. The van der Waals surface area contributed by atoms with Crippen molar-refractivity contribution in [1.29, 1.82) is 0 Å². The Kier molecular flexibility index (Phi) is 5.74. The van der Waals surface area contributed by atoms with Gasteiger partial charge in [0.15, 0.2) is 0 Å². The smallest absolute Gasteiger partial charge is 0.138 e. The van der Waals surface area contributed by atoms with Crippen molar-refractivity contribution in [1.82, 2.24) is 0 Å². The van der Waals surface area contributed by atoms with Crippen LogP contribution in [0.15, 0.2) is 52.9 Å². The summed E-state index contributed by atoms with van der Waals surface area (Å²) in [6, 6.07) is 17.2. The molecule has 0 bridgehead atoms. The summed E-state index contributed by atoms with van der Waals surface area (Å²) in [6.07, 6.45) is 9.31. The Balaban J connectivity index is 1.62. The lowest BCUT2D eigenvalue weighted by atomic mass is 10.0. The van der Waals surface area contributed by atoms with Gasteiger partial charge in [-0.3, -0.25) is 0 Å². The van der Waals surface area contributed by atoms with E-state index in [1.54, 1.807) is 0 Å². The summed E-state index contributed by atoms with van der Waals surface area (Å²) >= 11 is 0. The lowest BCUT2D eigenvalue weighted by Crippen LogP contribution is -1.87. The molecule has 0 spiro atoms. The molecule has 1 nitrogen and oxygen atoms in total. The Morgan fingerprint density at radius 3 is 2.25 bits per heavy atom. The van der Waals surface area contributed by atoms with Gasteiger partial charge in [-0.1, -0.05) is 81.5 Å². The molecule has 0 saturated carbocycles. The van der Waals surface area contributed by atoms with Crippen LogP contribution in [-0.4, -0.2) is 0 Å². The summed E-state index contributed by atoms with van der Waals surface area (Å²) in [7, 11) is 0. The van der Waals surface area contributed by atoms with E-state index in [4.69, 9.17) is 4.42 Å². The van der Waals surface area contributed by atoms with Crippen LogP contribution >= 0.6 is 0 Å².